The Morgan fingerprint density at radius 2 is 1.97 bits per heavy atom. The number of aryl methyl sites for hydroxylation is 1. The normalized spacial score (nSPS) is 18.1. The molecule has 2 atom stereocenters. The molecule has 0 saturated carbocycles. The van der Waals surface area contributed by atoms with Crippen LogP contribution in [-0.2, 0) is 19.3 Å². The summed E-state index contributed by atoms with van der Waals surface area (Å²) in [7, 11) is 1.90. The first kappa shape index (κ1) is 23.7. The number of halogens is 3. The summed E-state index contributed by atoms with van der Waals surface area (Å²) in [4.78, 5) is 14.7. The third kappa shape index (κ3) is 4.91. The second kappa shape index (κ2) is 9.09. The van der Waals surface area contributed by atoms with Crippen LogP contribution in [0.3, 0.4) is 0 Å². The molecule has 1 aliphatic heterocycles. The van der Waals surface area contributed by atoms with E-state index in [-0.39, 0.29) is 24.2 Å². The van der Waals surface area contributed by atoms with Crippen molar-refractivity contribution in [1.82, 2.24) is 24.7 Å². The quantitative estimate of drug-likeness (QED) is 0.498. The third-order valence-corrected chi connectivity index (χ3v) is 5.71. The van der Waals surface area contributed by atoms with Crippen molar-refractivity contribution >= 4 is 17.5 Å². The van der Waals surface area contributed by atoms with Crippen LogP contribution < -0.4 is 15.5 Å². The van der Waals surface area contributed by atoms with E-state index in [4.69, 9.17) is 0 Å². The zero-order valence-corrected chi connectivity index (χ0v) is 19.3. The van der Waals surface area contributed by atoms with Crippen molar-refractivity contribution in [3.63, 3.8) is 0 Å². The molecule has 3 aromatic rings. The second-order valence-electron chi connectivity index (χ2n) is 8.68. The topological polar surface area (TPSA) is 104 Å². The highest BCUT2D eigenvalue weighted by Gasteiger charge is 2.35. The summed E-state index contributed by atoms with van der Waals surface area (Å²) in [6.07, 6.45) is -1.85. The van der Waals surface area contributed by atoms with Gasteiger partial charge in [-0.2, -0.15) is 23.3 Å². The minimum Gasteiger partial charge on any atom is -0.372 e. The van der Waals surface area contributed by atoms with Gasteiger partial charge in [0.15, 0.2) is 5.82 Å². The summed E-state index contributed by atoms with van der Waals surface area (Å²) in [5, 5.41) is 21.0. The predicted octanol–water partition coefficient (Wildman–Crippen LogP) is 3.26. The number of nitrogens with one attached hydrogen (secondary N) is 2. The maximum atomic E-state index is 12.9. The number of aliphatic hydroxyl groups is 1. The summed E-state index contributed by atoms with van der Waals surface area (Å²) in [6, 6.07) is 3.67. The second-order valence-corrected chi connectivity index (χ2v) is 8.68. The maximum Gasteiger partial charge on any atom is 0.433 e. The molecule has 4 heterocycles. The lowest BCUT2D eigenvalue weighted by atomic mass is 9.98. The van der Waals surface area contributed by atoms with Crippen LogP contribution in [0.2, 0.25) is 0 Å². The van der Waals surface area contributed by atoms with Gasteiger partial charge in [-0.3, -0.25) is 4.68 Å². The molecule has 0 radical (unpaired) electrons. The van der Waals surface area contributed by atoms with Crippen molar-refractivity contribution in [2.45, 2.75) is 52.3 Å². The van der Waals surface area contributed by atoms with Crippen LogP contribution in [0.1, 0.15) is 36.5 Å². The zero-order valence-electron chi connectivity index (χ0n) is 19.3. The van der Waals surface area contributed by atoms with Gasteiger partial charge >= 0.3 is 6.18 Å². The van der Waals surface area contributed by atoms with Crippen LogP contribution in [0.15, 0.2) is 30.6 Å². The van der Waals surface area contributed by atoms with Gasteiger partial charge in [0.25, 0.3) is 0 Å². The lowest BCUT2D eigenvalue weighted by molar-refractivity contribution is -0.141. The van der Waals surface area contributed by atoms with Gasteiger partial charge in [0.05, 0.1) is 30.2 Å². The molecule has 1 aliphatic rings. The highest BCUT2D eigenvalue weighted by atomic mass is 19.4. The van der Waals surface area contributed by atoms with E-state index in [2.05, 4.69) is 30.7 Å². The maximum absolute atomic E-state index is 12.9. The van der Waals surface area contributed by atoms with Crippen molar-refractivity contribution in [2.75, 3.05) is 22.6 Å². The number of pyridine rings is 1. The zero-order chi connectivity index (χ0) is 24.6. The monoisotopic (exact) mass is 476 g/mol. The largest absolute Gasteiger partial charge is 0.433 e. The van der Waals surface area contributed by atoms with Crippen LogP contribution >= 0.6 is 0 Å². The average Bonchev–Trinajstić information content (AvgIpc) is 3.20. The molecule has 0 spiro atoms. The number of anilines is 3. The van der Waals surface area contributed by atoms with E-state index < -0.39 is 18.1 Å². The molecule has 2 unspecified atom stereocenters. The Morgan fingerprint density at radius 1 is 1.21 bits per heavy atom. The van der Waals surface area contributed by atoms with Gasteiger partial charge in [0, 0.05) is 25.4 Å². The Bertz CT molecular complexity index is 1160. The predicted molar refractivity (Wildman–Crippen MR) is 121 cm³/mol. The minimum atomic E-state index is -4.49. The minimum absolute atomic E-state index is 0.119. The first-order valence-electron chi connectivity index (χ1n) is 10.9. The molecular weight excluding hydrogens is 449 g/mol. The van der Waals surface area contributed by atoms with Crippen LogP contribution in [-0.4, -0.2) is 49.2 Å². The fourth-order valence-corrected chi connectivity index (χ4v) is 4.12. The Balaban J connectivity index is 1.45. The van der Waals surface area contributed by atoms with E-state index in [1.807, 2.05) is 32.7 Å². The highest BCUT2D eigenvalue weighted by molar-refractivity contribution is 5.72. The number of nitrogens with zero attached hydrogens (tertiary/aromatic N) is 6. The molecule has 12 heteroatoms. The number of likely N-dealkylation sites (N-methyl/N-ethyl adjacent to an activating group) is 1. The number of aromatic nitrogens is 5. The summed E-state index contributed by atoms with van der Waals surface area (Å²) in [5.74, 6) is 1.32. The van der Waals surface area contributed by atoms with Crippen molar-refractivity contribution in [1.29, 1.82) is 0 Å². The van der Waals surface area contributed by atoms with Crippen molar-refractivity contribution in [2.24, 2.45) is 5.92 Å². The van der Waals surface area contributed by atoms with Gasteiger partial charge in [0.2, 0.25) is 5.95 Å². The molecule has 0 fully saturated rings. The van der Waals surface area contributed by atoms with Crippen LogP contribution in [0.5, 0.6) is 0 Å². The number of hydrogen-bond acceptors (Lipinski definition) is 8. The summed E-state index contributed by atoms with van der Waals surface area (Å²) < 4.78 is 40.2. The van der Waals surface area contributed by atoms with Gasteiger partial charge in [-0.15, -0.1) is 0 Å². The number of fused-ring (bicyclic) bond motifs is 1. The van der Waals surface area contributed by atoms with Crippen molar-refractivity contribution in [3.8, 4) is 0 Å². The van der Waals surface area contributed by atoms with Crippen LogP contribution in [0.4, 0.5) is 30.6 Å². The molecule has 3 N–H and O–H groups in total. The fourth-order valence-electron chi connectivity index (χ4n) is 4.12. The Labute approximate surface area is 195 Å². The Kier molecular flexibility index (Phi) is 6.34. The highest BCUT2D eigenvalue weighted by Crippen LogP contribution is 2.35. The lowest BCUT2D eigenvalue weighted by Gasteiger charge is -2.41. The molecule has 182 valence electrons. The summed E-state index contributed by atoms with van der Waals surface area (Å²) in [6.45, 7) is 6.41. The number of hydrogen-bond donors (Lipinski definition) is 3. The van der Waals surface area contributed by atoms with Gasteiger partial charge in [-0.25, -0.2) is 9.97 Å². The molecule has 0 amide bonds. The molecule has 4 rings (SSSR count). The summed E-state index contributed by atoms with van der Waals surface area (Å²) in [5.41, 5.74) is 1.55. The lowest BCUT2D eigenvalue weighted by Crippen LogP contribution is -2.52. The third-order valence-electron chi connectivity index (χ3n) is 5.71. The average molecular weight is 477 g/mol. The Morgan fingerprint density at radius 3 is 2.68 bits per heavy atom. The number of aliphatic hydroxyl groups excluding tert-OH is 1. The summed E-state index contributed by atoms with van der Waals surface area (Å²) >= 11 is 0. The molecule has 0 bridgehead atoms. The van der Waals surface area contributed by atoms with E-state index in [0.29, 0.717) is 29.7 Å². The molecule has 34 heavy (non-hydrogen) atoms. The number of alkyl halides is 3. The standard InChI is InChI=1S/C22H27F3N8O/c1-12(2)18-20(34)30-17-13(3)28-21(31-19(17)32(18)4)26-8-14-9-27-33(10-14)11-15-6-5-7-16(29-15)22(23,24)25/h5-7,9-10,12,18,20,30,34H,8,11H2,1-4H3,(H,26,28,31). The van der Waals surface area contributed by atoms with E-state index in [1.54, 1.807) is 12.4 Å². The van der Waals surface area contributed by atoms with Crippen molar-refractivity contribution in [3.05, 3.63) is 53.2 Å². The van der Waals surface area contributed by atoms with E-state index in [1.165, 1.54) is 16.8 Å². The molecule has 0 aromatic carbocycles. The van der Waals surface area contributed by atoms with Gasteiger partial charge < -0.3 is 20.6 Å². The van der Waals surface area contributed by atoms with Gasteiger partial charge in [-0.1, -0.05) is 19.9 Å². The first-order chi connectivity index (χ1) is 16.0. The van der Waals surface area contributed by atoms with E-state index in [0.717, 1.165) is 11.6 Å². The van der Waals surface area contributed by atoms with Crippen molar-refractivity contribution < 1.29 is 18.3 Å². The molecule has 0 saturated heterocycles. The fraction of sp³-hybridized carbons (Fsp3) is 0.455. The van der Waals surface area contributed by atoms with Crippen LogP contribution in [0.25, 0.3) is 0 Å². The molecular formula is C22H27F3N8O. The van der Waals surface area contributed by atoms with E-state index in [9.17, 15) is 18.3 Å². The van der Waals surface area contributed by atoms with Gasteiger partial charge in [0.1, 0.15) is 17.6 Å². The molecule has 9 nitrogen and oxygen atoms in total. The van der Waals surface area contributed by atoms with E-state index >= 15 is 0 Å². The molecule has 0 aliphatic carbocycles. The smallest absolute Gasteiger partial charge is 0.372 e. The van der Waals surface area contributed by atoms with Crippen LogP contribution in [0, 0.1) is 12.8 Å². The first-order valence-corrected chi connectivity index (χ1v) is 10.9. The SMILES string of the molecule is Cc1nc(NCc2cnn(Cc3cccc(C(F)(F)F)n3)c2)nc2c1NC(O)C(C(C)C)N2C. The Hall–Kier alpha value is -3.41. The molecule has 3 aromatic heterocycles. The van der Waals surface area contributed by atoms with Gasteiger partial charge in [-0.05, 0) is 25.0 Å². The number of rotatable bonds is 6.